The van der Waals surface area contributed by atoms with E-state index in [-0.39, 0.29) is 11.3 Å². The van der Waals surface area contributed by atoms with Crippen molar-refractivity contribution in [3.05, 3.63) is 95.6 Å². The molecule has 6 heteroatoms. The summed E-state index contributed by atoms with van der Waals surface area (Å²) in [6.07, 6.45) is 12.2. The van der Waals surface area contributed by atoms with Crippen molar-refractivity contribution in [3.8, 4) is 0 Å². The maximum absolute atomic E-state index is 12.5. The Hall–Kier alpha value is -3.93. The lowest BCUT2D eigenvalue weighted by Gasteiger charge is -2.23. The third-order valence-corrected chi connectivity index (χ3v) is 4.17. The molecule has 29 heavy (non-hydrogen) atoms. The van der Waals surface area contributed by atoms with Crippen molar-refractivity contribution in [2.45, 2.75) is 0 Å². The summed E-state index contributed by atoms with van der Waals surface area (Å²) in [4.78, 5) is 30.6. The highest BCUT2D eigenvalue weighted by molar-refractivity contribution is 6.05. The predicted molar refractivity (Wildman–Crippen MR) is 111 cm³/mol. The Morgan fingerprint density at radius 2 is 1.79 bits per heavy atom. The number of carbonyl (C=O) groups excluding carboxylic acids is 2. The van der Waals surface area contributed by atoms with Gasteiger partial charge in [0.25, 0.3) is 0 Å². The summed E-state index contributed by atoms with van der Waals surface area (Å²) in [6.45, 7) is 0. The van der Waals surface area contributed by atoms with Crippen LogP contribution in [0.4, 0.5) is 5.69 Å². The van der Waals surface area contributed by atoms with Crippen LogP contribution in [0.15, 0.2) is 84.4 Å². The molecule has 0 spiro atoms. The van der Waals surface area contributed by atoms with Gasteiger partial charge in [-0.25, -0.2) is 9.59 Å². The van der Waals surface area contributed by atoms with E-state index in [2.05, 4.69) is 4.98 Å². The summed E-state index contributed by atoms with van der Waals surface area (Å²) in [7, 11) is 2.54. The number of hydrogen-bond acceptors (Lipinski definition) is 6. The van der Waals surface area contributed by atoms with E-state index in [1.54, 1.807) is 29.4 Å². The second kappa shape index (κ2) is 9.32. The number of anilines is 1. The van der Waals surface area contributed by atoms with Crippen LogP contribution in [0.25, 0.3) is 12.2 Å². The first-order valence-electron chi connectivity index (χ1n) is 8.88. The van der Waals surface area contributed by atoms with Gasteiger partial charge in [-0.15, -0.1) is 0 Å². The molecule has 0 aliphatic carbocycles. The molecule has 6 nitrogen and oxygen atoms in total. The number of benzene rings is 1. The Labute approximate surface area is 169 Å². The quantitative estimate of drug-likeness (QED) is 0.727. The van der Waals surface area contributed by atoms with Gasteiger partial charge in [-0.3, -0.25) is 4.98 Å². The van der Waals surface area contributed by atoms with E-state index in [0.717, 1.165) is 11.3 Å². The van der Waals surface area contributed by atoms with Crippen LogP contribution < -0.4 is 4.90 Å². The molecule has 2 aromatic rings. The first-order valence-corrected chi connectivity index (χ1v) is 8.88. The molecular weight excluding hydrogens is 368 g/mol. The van der Waals surface area contributed by atoms with E-state index in [1.807, 2.05) is 54.6 Å². The van der Waals surface area contributed by atoms with Crippen molar-refractivity contribution >= 4 is 29.8 Å². The second-order valence-electron chi connectivity index (χ2n) is 6.00. The fourth-order valence-corrected chi connectivity index (χ4v) is 2.80. The number of nitrogens with zero attached hydrogens (tertiary/aromatic N) is 2. The number of pyridine rings is 1. The van der Waals surface area contributed by atoms with Crippen LogP contribution in [0.3, 0.4) is 0 Å². The third kappa shape index (κ3) is 4.68. The average Bonchev–Trinajstić information content (AvgIpc) is 3.00. The predicted octanol–water partition coefficient (Wildman–Crippen LogP) is 3.74. The van der Waals surface area contributed by atoms with Crippen LogP contribution in [-0.4, -0.2) is 31.1 Å². The number of hydrogen-bond donors (Lipinski definition) is 0. The summed E-state index contributed by atoms with van der Waals surface area (Å²) in [6, 6.07) is 13.2. The second-order valence-corrected chi connectivity index (χ2v) is 6.00. The lowest BCUT2D eigenvalue weighted by molar-refractivity contribution is -0.139. The normalized spacial score (nSPS) is 13.5. The van der Waals surface area contributed by atoms with Gasteiger partial charge in [0.15, 0.2) is 0 Å². The minimum absolute atomic E-state index is 0.0789. The van der Waals surface area contributed by atoms with E-state index < -0.39 is 11.9 Å². The molecule has 0 atom stereocenters. The molecule has 0 radical (unpaired) electrons. The van der Waals surface area contributed by atoms with Crippen LogP contribution in [0.5, 0.6) is 0 Å². The minimum Gasteiger partial charge on any atom is -0.465 e. The van der Waals surface area contributed by atoms with Gasteiger partial charge in [0.05, 0.1) is 25.5 Å². The summed E-state index contributed by atoms with van der Waals surface area (Å²) >= 11 is 0. The Kier molecular flexibility index (Phi) is 6.37. The molecule has 0 saturated heterocycles. The number of ether oxygens (including phenoxy) is 2. The monoisotopic (exact) mass is 388 g/mol. The van der Waals surface area contributed by atoms with Crippen molar-refractivity contribution in [1.29, 1.82) is 0 Å². The molecule has 146 valence electrons. The van der Waals surface area contributed by atoms with Crippen LogP contribution in [0.1, 0.15) is 11.3 Å². The zero-order chi connectivity index (χ0) is 20.6. The molecule has 1 aromatic heterocycles. The molecule has 0 bridgehead atoms. The molecule has 3 rings (SSSR count). The summed E-state index contributed by atoms with van der Waals surface area (Å²) < 4.78 is 9.76. The van der Waals surface area contributed by atoms with E-state index in [1.165, 1.54) is 20.3 Å². The Balaban J connectivity index is 2.02. The van der Waals surface area contributed by atoms with Crippen LogP contribution in [-0.2, 0) is 19.1 Å². The van der Waals surface area contributed by atoms with Crippen molar-refractivity contribution in [2.24, 2.45) is 0 Å². The molecule has 1 aliphatic rings. The molecule has 1 aliphatic heterocycles. The molecule has 0 fully saturated rings. The maximum atomic E-state index is 12.5. The molecule has 0 saturated carbocycles. The smallest absolute Gasteiger partial charge is 0.355 e. The number of esters is 2. The fourth-order valence-electron chi connectivity index (χ4n) is 2.80. The van der Waals surface area contributed by atoms with Gasteiger partial charge in [-0.1, -0.05) is 30.4 Å². The third-order valence-electron chi connectivity index (χ3n) is 4.17. The highest BCUT2D eigenvalue weighted by atomic mass is 16.5. The van der Waals surface area contributed by atoms with Crippen LogP contribution >= 0.6 is 0 Å². The first kappa shape index (κ1) is 19.8. The van der Waals surface area contributed by atoms with E-state index in [0.29, 0.717) is 5.69 Å². The van der Waals surface area contributed by atoms with Gasteiger partial charge < -0.3 is 14.4 Å². The van der Waals surface area contributed by atoms with Gasteiger partial charge in [0, 0.05) is 18.1 Å². The molecule has 0 N–H and O–H groups in total. The number of allylic oxidation sites excluding steroid dienone is 2. The fraction of sp³-hybridized carbons (Fsp3) is 0.0870. The van der Waals surface area contributed by atoms with Gasteiger partial charge in [0.2, 0.25) is 0 Å². The highest BCUT2D eigenvalue weighted by Crippen LogP contribution is 2.27. The highest BCUT2D eigenvalue weighted by Gasteiger charge is 2.27. The van der Waals surface area contributed by atoms with Crippen molar-refractivity contribution in [2.75, 3.05) is 19.1 Å². The van der Waals surface area contributed by atoms with Gasteiger partial charge in [-0.2, -0.15) is 0 Å². The lowest BCUT2D eigenvalue weighted by Crippen LogP contribution is -2.26. The van der Waals surface area contributed by atoms with Crippen molar-refractivity contribution in [1.82, 2.24) is 4.98 Å². The van der Waals surface area contributed by atoms with Crippen molar-refractivity contribution in [3.63, 3.8) is 0 Å². The standard InChI is InChI=1S/C23H20N2O4/c1-28-22(26)20-11-4-6-15-25(21(20)23(27)29-2)19-10-7-8-17(16-19)12-13-18-9-3-5-14-24-18/h3-16H,1-2H3. The number of methoxy groups -OCH3 is 2. The van der Waals surface area contributed by atoms with E-state index >= 15 is 0 Å². The summed E-state index contributed by atoms with van der Waals surface area (Å²) in [5, 5.41) is 0. The zero-order valence-corrected chi connectivity index (χ0v) is 16.1. The summed E-state index contributed by atoms with van der Waals surface area (Å²) in [5.74, 6) is -1.27. The largest absolute Gasteiger partial charge is 0.465 e. The molecule has 0 unspecified atom stereocenters. The number of aromatic nitrogens is 1. The van der Waals surface area contributed by atoms with Gasteiger partial charge in [-0.05, 0) is 48.1 Å². The molecule has 2 heterocycles. The SMILES string of the molecule is COC(=O)C1=C(C(=O)OC)N(c2cccc(C=Cc3ccccn3)c2)C=CC=C1. The first-order chi connectivity index (χ1) is 14.1. The topological polar surface area (TPSA) is 68.7 Å². The Bertz CT molecular complexity index is 1020. The lowest BCUT2D eigenvalue weighted by atomic mass is 10.1. The average molecular weight is 388 g/mol. The number of rotatable bonds is 5. The van der Waals surface area contributed by atoms with Gasteiger partial charge in [0.1, 0.15) is 5.70 Å². The Morgan fingerprint density at radius 3 is 2.52 bits per heavy atom. The van der Waals surface area contributed by atoms with Gasteiger partial charge >= 0.3 is 11.9 Å². The van der Waals surface area contributed by atoms with Crippen LogP contribution in [0.2, 0.25) is 0 Å². The summed E-state index contributed by atoms with van der Waals surface area (Å²) in [5.41, 5.74) is 2.62. The Morgan fingerprint density at radius 1 is 0.966 bits per heavy atom. The van der Waals surface area contributed by atoms with E-state index in [4.69, 9.17) is 9.47 Å². The maximum Gasteiger partial charge on any atom is 0.355 e. The zero-order valence-electron chi connectivity index (χ0n) is 16.1. The molecular formula is C23H20N2O4. The molecule has 1 aromatic carbocycles. The number of carbonyl (C=O) groups is 2. The molecule has 0 amide bonds. The minimum atomic E-state index is -0.643. The van der Waals surface area contributed by atoms with Crippen LogP contribution in [0, 0.1) is 0 Å². The van der Waals surface area contributed by atoms with E-state index in [9.17, 15) is 9.59 Å². The van der Waals surface area contributed by atoms with Crippen molar-refractivity contribution < 1.29 is 19.1 Å².